The molecule has 3 fully saturated rings. The van der Waals surface area contributed by atoms with Crippen molar-refractivity contribution < 1.29 is 456 Å². The van der Waals surface area contributed by atoms with Crippen LogP contribution in [0.25, 0.3) is 0 Å². The third-order valence-corrected chi connectivity index (χ3v) is 5.35. The summed E-state index contributed by atoms with van der Waals surface area (Å²) in [6, 6.07) is 0. The van der Waals surface area contributed by atoms with E-state index in [0.29, 0.717) is 50.1 Å². The Bertz CT molecular complexity index is 637. The second-order valence-corrected chi connectivity index (χ2v) is 8.25. The first-order valence-electron chi connectivity index (χ1n) is 18.1. The molecule has 0 bridgehead atoms. The van der Waals surface area contributed by atoms with Gasteiger partial charge in [0.15, 0.2) is 0 Å². The lowest BCUT2D eigenvalue weighted by molar-refractivity contribution is -0.138. The van der Waals surface area contributed by atoms with Crippen LogP contribution in [0, 0.1) is 11.8 Å². The van der Waals surface area contributed by atoms with Crippen LogP contribution in [-0.4, -0.2) is 85.2 Å². The Labute approximate surface area is 610 Å². The molecule has 0 amide bonds. The topological polar surface area (TPSA) is 183 Å². The van der Waals surface area contributed by atoms with E-state index in [1.165, 1.54) is 0 Å². The summed E-state index contributed by atoms with van der Waals surface area (Å²) in [4.78, 5) is 40.0. The van der Waals surface area contributed by atoms with E-state index in [-0.39, 0.29) is 17.7 Å². The van der Waals surface area contributed by atoms with Crippen molar-refractivity contribution in [2.45, 2.75) is 64.2 Å². The van der Waals surface area contributed by atoms with Crippen LogP contribution in [0.15, 0.2) is 0 Å². The Kier molecular flexibility index (Phi) is 4180. The van der Waals surface area contributed by atoms with E-state index in [0.717, 1.165) is 65.0 Å². The molecule has 0 aromatic carbocycles. The summed E-state index contributed by atoms with van der Waals surface area (Å²) >= 11 is 0. The Morgan fingerprint density at radius 3 is 0.472 bits per heavy atom. The first-order valence-corrected chi connectivity index (χ1v) is 18.1. The van der Waals surface area contributed by atoms with Gasteiger partial charge in [0.1, 0.15) is 5.78 Å². The highest BCUT2D eigenvalue weighted by Gasteiger charge is 2.15. The lowest BCUT2D eigenvalue weighted by atomic mass is 9.95. The number of nitrogens with two attached hydrogens (primary N) is 1. The zero-order valence-corrected chi connectivity index (χ0v) is 53.6. The molecule has 0 aromatic heterocycles. The summed E-state index contributed by atoms with van der Waals surface area (Å²) in [5.74, 6) is -0.942. The van der Waals surface area contributed by atoms with Gasteiger partial charge in [-0.15, -0.1) is 0 Å². The van der Waals surface area contributed by atoms with Gasteiger partial charge in [0.25, 0.3) is 0 Å². The molecule has 0 radical (unpaired) electrons. The zero-order chi connectivity index (χ0) is 114. The Hall–Kier alpha value is -8.31. The van der Waals surface area contributed by atoms with Crippen LogP contribution < -0.4 is 5.73 Å². The number of aliphatic carboxylic acids is 3. The fourth-order valence-electron chi connectivity index (χ4n) is 3.32. The minimum absolute atomic E-state index is 0. The Morgan fingerprint density at radius 1 is 0.228 bits per heavy atom. The lowest BCUT2D eigenvalue weighted by Gasteiger charge is -2.20. The second-order valence-electron chi connectivity index (χ2n) is 8.25. The molecule has 0 aliphatic carbocycles. The molecule has 822 valence electrons. The van der Waals surface area contributed by atoms with E-state index < -0.39 is 17.9 Å². The molecule has 3 rings (SSSR count). The molecule has 3 aliphatic heterocycles. The maximum Gasteiger partial charge on any atom is 0.317 e. The maximum absolute atomic E-state index is 10.4. The molecule has 11 nitrogen and oxygen atoms in total. The number of rotatable bonds is 7. The summed E-state index contributed by atoms with van der Waals surface area (Å²) in [7, 11) is 0. The number of ketones is 1. The van der Waals surface area contributed by atoms with Gasteiger partial charge in [-0.05, 0) is 50.4 Å². The van der Waals surface area contributed by atoms with Gasteiger partial charge in [0.2, 0.25) is 0 Å². The molecule has 0 spiro atoms. The van der Waals surface area contributed by atoms with Crippen molar-refractivity contribution >= 4 is 23.7 Å². The molecule has 1 atom stereocenters. The van der Waals surface area contributed by atoms with Gasteiger partial charge in [-0.25, -0.2) is 0 Å². The number of halogens is 89. The van der Waals surface area contributed by atoms with Crippen LogP contribution in [-0.2, 0) is 33.4 Å². The van der Waals surface area contributed by atoms with Gasteiger partial charge in [-0.1, -0.05) is 0 Å². The molecular weight excluding hydrogens is 2140 g/mol. The molecule has 3 heterocycles. The number of hydrogen-bond acceptors (Lipinski definition) is 8. The highest BCUT2D eigenvalue weighted by atomic mass is 20.1. The summed E-state index contributed by atoms with van der Waals surface area (Å²) in [5.41, 5.74) is 4.57. The van der Waals surface area contributed by atoms with E-state index in [1.807, 2.05) is 0 Å². The largest absolute Gasteiger partial charge is 0.481 e. The Morgan fingerprint density at radius 2 is 0.366 bits per heavy atom. The minimum atomic E-state index is -0.968. The number of carbonyl (C=O) groups is 4. The fourth-order valence-corrected chi connectivity index (χ4v) is 3.32. The van der Waals surface area contributed by atoms with Crippen LogP contribution in [0.5, 0.6) is 0 Å². The van der Waals surface area contributed by atoms with Gasteiger partial charge in [0, 0.05) is 455 Å². The van der Waals surface area contributed by atoms with Crippen molar-refractivity contribution in [2.75, 3.05) is 46.2 Å². The highest BCUT2D eigenvalue weighted by molar-refractivity contribution is 5.79. The lowest BCUT2D eigenvalue weighted by Crippen LogP contribution is -2.18. The molecule has 0 aromatic rings. The SMILES string of the molecule is F.FF.FF.FF.FF.FF.FF.FF.FF.FF.FF.FF.FF.FF.FF.FF.FF.FF.FF.FF.FF.FF.FF.FF.FF.FF.FF.FF.FF.FF.FF.FF.FF.FF.FF.FF.FF.FF.FF.FF.FF.FF.FF.FF.FF.NCC(=O)O.O=C(O)CCC1CCCOC1.O=C(O)CCC1CCOCC1.O=C1CCOCC1. The molecule has 100 heteroatoms. The van der Waals surface area contributed by atoms with Crippen molar-refractivity contribution in [3.63, 3.8) is 0 Å². The standard InChI is InChI=1S/2C8H14O3.C5H8O2.C2H5NO2.44F2.FH/c9-8(10)2-1-7-3-5-11-6-4-7;9-8(10)4-3-7-2-1-5-11-6-7;6-5-1-3-7-4-2-5;3-1-2(4)5;44*1-2;/h2*7H,1-6H2,(H,9,10);1-4H2;1,3H2,(H,4,5);;;;;;;;;;;;;;;;;;;;;;;;;;;;;;;;;;;;;;;;;;;;;1H. The number of carbonyl (C=O) groups excluding carboxylic acids is 1. The predicted molar refractivity (Wildman–Crippen MR) is 223 cm³/mol. The summed E-state index contributed by atoms with van der Waals surface area (Å²) in [6.45, 7) is 4.23. The third kappa shape index (κ3) is 1850. The normalized spacial score (nSPS) is 7.75. The van der Waals surface area contributed by atoms with Crippen molar-refractivity contribution in [2.24, 2.45) is 17.6 Å². The summed E-state index contributed by atoms with van der Waals surface area (Å²) < 4.78 is 719. The molecule has 123 heavy (non-hydrogen) atoms. The van der Waals surface area contributed by atoms with Crippen LogP contribution in [0.4, 0.5) is 407 Å². The van der Waals surface area contributed by atoms with E-state index >= 15 is 0 Å². The monoisotopic (exact) mass is 2180 g/mol. The number of carboxylic acid groups (broad SMARTS) is 3. The zero-order valence-electron chi connectivity index (χ0n) is 53.6. The number of carboxylic acids is 3. The van der Waals surface area contributed by atoms with Gasteiger partial charge in [0.05, 0.1) is 19.8 Å². The fraction of sp³-hybridized carbons (Fsp3) is 0.826. The first-order chi connectivity index (χ1) is 60.2. The molecule has 3 saturated heterocycles. The van der Waals surface area contributed by atoms with Crippen LogP contribution >= 0.6 is 0 Å². The molecule has 3 aliphatic rings. The average molecular weight is 2180 g/mol. The quantitative estimate of drug-likeness (QED) is 0.178. The van der Waals surface area contributed by atoms with Crippen molar-refractivity contribution in [3.8, 4) is 0 Å². The first kappa shape index (κ1) is 314. The molecular formula is C23H42F89NO10. The highest BCUT2D eigenvalue weighted by Crippen LogP contribution is 2.20. The van der Waals surface area contributed by atoms with Gasteiger partial charge >= 0.3 is 17.9 Å². The number of ether oxygens (including phenoxy) is 3. The van der Waals surface area contributed by atoms with Crippen LogP contribution in [0.2, 0.25) is 0 Å². The maximum atomic E-state index is 10.4. The van der Waals surface area contributed by atoms with Gasteiger partial charge < -0.3 is 35.3 Å². The van der Waals surface area contributed by atoms with Crippen molar-refractivity contribution in [1.82, 2.24) is 0 Å². The average Bonchev–Trinajstić information content (AvgIpc) is 0.972. The number of hydrogen-bond donors (Lipinski definition) is 4. The van der Waals surface area contributed by atoms with E-state index in [1.54, 1.807) is 0 Å². The molecule has 0 saturated carbocycles. The van der Waals surface area contributed by atoms with Gasteiger partial charge in [-0.3, -0.25) is 23.9 Å². The van der Waals surface area contributed by atoms with Crippen LogP contribution in [0.1, 0.15) is 64.2 Å². The Balaban J connectivity index is -0.0000000115. The summed E-state index contributed by atoms with van der Waals surface area (Å²) in [6.07, 6.45) is 7.73. The third-order valence-electron chi connectivity index (χ3n) is 5.35. The van der Waals surface area contributed by atoms with Crippen molar-refractivity contribution in [1.29, 1.82) is 0 Å². The van der Waals surface area contributed by atoms with Gasteiger partial charge in [-0.2, -0.15) is 0 Å². The number of Topliss-reactive ketones (excluding diaryl/α,β-unsaturated/α-hetero) is 1. The summed E-state index contributed by atoms with van der Waals surface area (Å²) in [5, 5.41) is 24.4. The second kappa shape index (κ2) is 1640. The van der Waals surface area contributed by atoms with E-state index in [9.17, 15) is 19.2 Å². The smallest absolute Gasteiger partial charge is 0.317 e. The molecule has 5 N–H and O–H groups in total. The predicted octanol–water partition coefficient (Wildman–Crippen LogP) is 39.1. The van der Waals surface area contributed by atoms with E-state index in [2.05, 4.69) is 5.73 Å². The van der Waals surface area contributed by atoms with Crippen LogP contribution in [0.3, 0.4) is 0 Å². The molecule has 1 unspecified atom stereocenters. The van der Waals surface area contributed by atoms with Crippen molar-refractivity contribution in [3.05, 3.63) is 0 Å². The minimum Gasteiger partial charge on any atom is -0.481 e. The van der Waals surface area contributed by atoms with E-state index in [4.69, 9.17) is 432 Å².